The van der Waals surface area contributed by atoms with E-state index in [9.17, 15) is 24.1 Å². The van der Waals surface area contributed by atoms with Gasteiger partial charge in [-0.3, -0.25) is 24.4 Å². The molecule has 0 fully saturated rings. The van der Waals surface area contributed by atoms with Crippen LogP contribution in [0, 0.1) is 29.8 Å². The molecule has 1 heterocycles. The smallest absolute Gasteiger partial charge is 0.312 e. The Labute approximate surface area is 154 Å². The van der Waals surface area contributed by atoms with Crippen LogP contribution < -0.4 is 5.32 Å². The van der Waals surface area contributed by atoms with Crippen molar-refractivity contribution in [3.05, 3.63) is 57.1 Å². The Bertz CT molecular complexity index is 863. The minimum Gasteiger partial charge on any atom is -0.481 e. The van der Waals surface area contributed by atoms with Gasteiger partial charge in [0.25, 0.3) is 0 Å². The first-order valence-electron chi connectivity index (χ1n) is 8.14. The molecule has 0 spiro atoms. The summed E-state index contributed by atoms with van der Waals surface area (Å²) in [4.78, 5) is 33.8. The molecular formula is C17H19FN4O5. The van der Waals surface area contributed by atoms with Crippen molar-refractivity contribution in [2.45, 2.75) is 39.3 Å². The number of hydrogen-bond donors (Lipinski definition) is 2. The Hall–Kier alpha value is -3.30. The summed E-state index contributed by atoms with van der Waals surface area (Å²) in [5, 5.41) is 26.7. The number of aryl methyl sites for hydroxylation is 2. The third kappa shape index (κ3) is 5.09. The van der Waals surface area contributed by atoms with Gasteiger partial charge in [-0.25, -0.2) is 4.39 Å². The molecule has 0 bridgehead atoms. The van der Waals surface area contributed by atoms with Crippen molar-refractivity contribution in [3.8, 4) is 0 Å². The number of carboxylic acid groups (broad SMARTS) is 1. The first-order valence-corrected chi connectivity index (χ1v) is 8.14. The molecule has 0 aliphatic rings. The van der Waals surface area contributed by atoms with E-state index in [-0.39, 0.29) is 30.8 Å². The number of aromatic nitrogens is 2. The minimum absolute atomic E-state index is 0.0452. The molecule has 10 heteroatoms. The maximum atomic E-state index is 13.1. The van der Waals surface area contributed by atoms with Crippen LogP contribution >= 0.6 is 0 Å². The summed E-state index contributed by atoms with van der Waals surface area (Å²) >= 11 is 0. The lowest BCUT2D eigenvalue weighted by Crippen LogP contribution is -2.31. The highest BCUT2D eigenvalue weighted by Gasteiger charge is 2.23. The highest BCUT2D eigenvalue weighted by Crippen LogP contribution is 2.22. The highest BCUT2D eigenvalue weighted by atomic mass is 19.1. The summed E-state index contributed by atoms with van der Waals surface area (Å²) in [6.45, 7) is 3.16. The maximum Gasteiger partial charge on any atom is 0.312 e. The maximum absolute atomic E-state index is 13.1. The van der Waals surface area contributed by atoms with E-state index in [1.807, 2.05) is 0 Å². The number of carbonyl (C=O) groups is 2. The Morgan fingerprint density at radius 1 is 1.33 bits per heavy atom. The number of nitrogens with zero attached hydrogens (tertiary/aromatic N) is 3. The van der Waals surface area contributed by atoms with Crippen molar-refractivity contribution in [2.75, 3.05) is 0 Å². The van der Waals surface area contributed by atoms with Gasteiger partial charge in [0, 0.05) is 6.42 Å². The van der Waals surface area contributed by atoms with Crippen LogP contribution in [0.25, 0.3) is 0 Å². The van der Waals surface area contributed by atoms with Gasteiger partial charge in [-0.15, -0.1) is 0 Å². The third-order valence-corrected chi connectivity index (χ3v) is 4.06. The predicted octanol–water partition coefficient (Wildman–Crippen LogP) is 2.27. The van der Waals surface area contributed by atoms with Gasteiger partial charge in [0.15, 0.2) is 0 Å². The van der Waals surface area contributed by atoms with E-state index in [1.165, 1.54) is 35.9 Å². The Morgan fingerprint density at radius 2 is 1.96 bits per heavy atom. The van der Waals surface area contributed by atoms with Crippen molar-refractivity contribution >= 4 is 17.6 Å². The standard InChI is InChI=1S/C17H19FN4O5/c1-10-17(22(26)27)11(2)21(20-10)8-7-15(23)19-14(9-16(24)25)12-3-5-13(18)6-4-12/h3-6,14H,7-9H2,1-2H3,(H,19,23)(H,24,25). The molecule has 144 valence electrons. The number of halogens is 1. The normalized spacial score (nSPS) is 11.8. The molecule has 1 amide bonds. The van der Waals surface area contributed by atoms with Crippen LogP contribution in [0.2, 0.25) is 0 Å². The van der Waals surface area contributed by atoms with Crippen LogP contribution in [-0.4, -0.2) is 31.7 Å². The van der Waals surface area contributed by atoms with Crippen molar-refractivity contribution < 1.29 is 24.0 Å². The largest absolute Gasteiger partial charge is 0.481 e. The van der Waals surface area contributed by atoms with E-state index in [2.05, 4.69) is 10.4 Å². The van der Waals surface area contributed by atoms with E-state index in [1.54, 1.807) is 6.92 Å². The summed E-state index contributed by atoms with van der Waals surface area (Å²) < 4.78 is 14.4. The molecule has 1 atom stereocenters. The van der Waals surface area contributed by atoms with Gasteiger partial charge in [-0.2, -0.15) is 5.10 Å². The highest BCUT2D eigenvalue weighted by molar-refractivity contribution is 5.77. The second-order valence-electron chi connectivity index (χ2n) is 6.02. The van der Waals surface area contributed by atoms with E-state index >= 15 is 0 Å². The van der Waals surface area contributed by atoms with E-state index < -0.39 is 28.7 Å². The molecule has 2 rings (SSSR count). The first-order chi connectivity index (χ1) is 12.7. The molecule has 0 aliphatic carbocycles. The molecule has 0 saturated heterocycles. The molecule has 1 unspecified atom stereocenters. The van der Waals surface area contributed by atoms with Crippen LogP contribution in [0.5, 0.6) is 0 Å². The molecule has 0 radical (unpaired) electrons. The second kappa shape index (κ2) is 8.39. The lowest BCUT2D eigenvalue weighted by atomic mass is 10.0. The van der Waals surface area contributed by atoms with Gasteiger partial charge in [0.05, 0.1) is 23.9 Å². The number of benzene rings is 1. The summed E-state index contributed by atoms with van der Waals surface area (Å²) in [6.07, 6.45) is -0.404. The quantitative estimate of drug-likeness (QED) is 0.536. The van der Waals surface area contributed by atoms with Gasteiger partial charge in [-0.1, -0.05) is 12.1 Å². The van der Waals surface area contributed by atoms with Gasteiger partial charge in [-0.05, 0) is 31.5 Å². The van der Waals surface area contributed by atoms with Crippen molar-refractivity contribution in [1.82, 2.24) is 15.1 Å². The number of hydrogen-bond acceptors (Lipinski definition) is 5. The molecule has 27 heavy (non-hydrogen) atoms. The van der Waals surface area contributed by atoms with Crippen molar-refractivity contribution in [2.24, 2.45) is 0 Å². The van der Waals surface area contributed by atoms with E-state index in [0.717, 1.165) is 0 Å². The van der Waals surface area contributed by atoms with Gasteiger partial charge >= 0.3 is 11.7 Å². The van der Waals surface area contributed by atoms with Crippen molar-refractivity contribution in [3.63, 3.8) is 0 Å². The number of rotatable bonds is 8. The van der Waals surface area contributed by atoms with Gasteiger partial charge in [0.1, 0.15) is 17.2 Å². The van der Waals surface area contributed by atoms with E-state index in [4.69, 9.17) is 5.11 Å². The average molecular weight is 378 g/mol. The summed E-state index contributed by atoms with van der Waals surface area (Å²) in [5.41, 5.74) is 0.971. The topological polar surface area (TPSA) is 127 Å². The van der Waals surface area contributed by atoms with Crippen LogP contribution in [-0.2, 0) is 16.1 Å². The van der Waals surface area contributed by atoms with Crippen LogP contribution in [0.1, 0.15) is 35.8 Å². The molecule has 0 aliphatic heterocycles. The fourth-order valence-electron chi connectivity index (χ4n) is 2.77. The lowest BCUT2D eigenvalue weighted by molar-refractivity contribution is -0.386. The Morgan fingerprint density at radius 3 is 2.48 bits per heavy atom. The third-order valence-electron chi connectivity index (χ3n) is 4.06. The molecule has 1 aromatic carbocycles. The summed E-state index contributed by atoms with van der Waals surface area (Å²) in [7, 11) is 0. The molecule has 2 aromatic rings. The molecular weight excluding hydrogens is 359 g/mol. The Balaban J connectivity index is 2.06. The van der Waals surface area contributed by atoms with Gasteiger partial charge < -0.3 is 10.4 Å². The monoisotopic (exact) mass is 378 g/mol. The lowest BCUT2D eigenvalue weighted by Gasteiger charge is -2.17. The zero-order valence-corrected chi connectivity index (χ0v) is 14.8. The van der Waals surface area contributed by atoms with Crippen LogP contribution in [0.4, 0.5) is 10.1 Å². The van der Waals surface area contributed by atoms with Crippen LogP contribution in [0.15, 0.2) is 24.3 Å². The minimum atomic E-state index is -1.11. The summed E-state index contributed by atoms with van der Waals surface area (Å²) in [5.74, 6) is -2.02. The first kappa shape index (κ1) is 20.0. The number of nitrogens with one attached hydrogen (secondary N) is 1. The van der Waals surface area contributed by atoms with Gasteiger partial charge in [0.2, 0.25) is 5.91 Å². The molecule has 2 N–H and O–H groups in total. The molecule has 1 aromatic heterocycles. The average Bonchev–Trinajstić information content (AvgIpc) is 2.86. The predicted molar refractivity (Wildman–Crippen MR) is 92.5 cm³/mol. The SMILES string of the molecule is Cc1nn(CCC(=O)NC(CC(=O)O)c2ccc(F)cc2)c(C)c1[N+](=O)[O-]. The number of nitro groups is 1. The zero-order chi connectivity index (χ0) is 20.1. The number of aliphatic carboxylic acids is 1. The number of amides is 1. The van der Waals surface area contributed by atoms with Crippen molar-refractivity contribution in [1.29, 1.82) is 0 Å². The fourth-order valence-corrected chi connectivity index (χ4v) is 2.77. The zero-order valence-electron chi connectivity index (χ0n) is 14.8. The van der Waals surface area contributed by atoms with Crippen LogP contribution in [0.3, 0.4) is 0 Å². The number of carboxylic acids is 1. The molecule has 0 saturated carbocycles. The fraction of sp³-hybridized carbons (Fsp3) is 0.353. The Kier molecular flexibility index (Phi) is 6.22. The second-order valence-corrected chi connectivity index (χ2v) is 6.02. The van der Waals surface area contributed by atoms with E-state index in [0.29, 0.717) is 11.3 Å². The summed E-state index contributed by atoms with van der Waals surface area (Å²) in [6, 6.07) is 4.38. The molecule has 9 nitrogen and oxygen atoms in total. The number of carbonyl (C=O) groups excluding carboxylic acids is 1.